The molecule has 10 nitrogen and oxygen atoms in total. The third kappa shape index (κ3) is 5.48. The molecule has 0 bridgehead atoms. The number of nitrogens with zero attached hydrogens (tertiary/aromatic N) is 4. The summed E-state index contributed by atoms with van der Waals surface area (Å²) >= 11 is 6.38. The number of piperidine rings is 1. The van der Waals surface area contributed by atoms with Crippen LogP contribution in [0.2, 0.25) is 5.02 Å². The SMILES string of the molecule is COc1cc(C(=O)NC2CCN(C)CC2)c(F)cc1Nc1ncc(Cl)c(OC2(C)CC=CC3=C2C(=O)N(C)C3)n1. The van der Waals surface area contributed by atoms with E-state index in [2.05, 4.69) is 25.5 Å². The first-order valence-electron chi connectivity index (χ1n) is 13.1. The Morgan fingerprint density at radius 1 is 1.25 bits per heavy atom. The van der Waals surface area contributed by atoms with Crippen LogP contribution in [0.3, 0.4) is 0 Å². The summed E-state index contributed by atoms with van der Waals surface area (Å²) in [7, 11) is 5.20. The minimum Gasteiger partial charge on any atom is -0.495 e. The summed E-state index contributed by atoms with van der Waals surface area (Å²) < 4.78 is 26.8. The van der Waals surface area contributed by atoms with E-state index in [1.165, 1.54) is 19.4 Å². The lowest BCUT2D eigenvalue weighted by Gasteiger charge is -2.32. The highest BCUT2D eigenvalue weighted by molar-refractivity contribution is 6.31. The van der Waals surface area contributed by atoms with E-state index in [4.69, 9.17) is 21.1 Å². The summed E-state index contributed by atoms with van der Waals surface area (Å²) in [5, 5.41) is 6.01. The van der Waals surface area contributed by atoms with Gasteiger partial charge in [-0.25, -0.2) is 9.37 Å². The molecule has 1 aromatic carbocycles. The molecule has 40 heavy (non-hydrogen) atoms. The predicted molar refractivity (Wildman–Crippen MR) is 149 cm³/mol. The Labute approximate surface area is 237 Å². The zero-order valence-corrected chi connectivity index (χ0v) is 23.6. The number of likely N-dealkylation sites (tertiary alicyclic amines) is 1. The molecule has 1 unspecified atom stereocenters. The van der Waals surface area contributed by atoms with Crippen LogP contribution < -0.4 is 20.1 Å². The van der Waals surface area contributed by atoms with E-state index in [9.17, 15) is 9.59 Å². The van der Waals surface area contributed by atoms with Gasteiger partial charge in [0, 0.05) is 32.1 Å². The van der Waals surface area contributed by atoms with E-state index >= 15 is 4.39 Å². The number of aromatic nitrogens is 2. The first-order valence-corrected chi connectivity index (χ1v) is 13.5. The number of hydrogen-bond acceptors (Lipinski definition) is 8. The Balaban J connectivity index is 1.35. The van der Waals surface area contributed by atoms with Crippen molar-refractivity contribution in [3.63, 3.8) is 0 Å². The van der Waals surface area contributed by atoms with E-state index < -0.39 is 17.3 Å². The Bertz CT molecular complexity index is 1410. The number of amides is 2. The molecule has 212 valence electrons. The van der Waals surface area contributed by atoms with Gasteiger partial charge in [-0.3, -0.25) is 9.59 Å². The van der Waals surface area contributed by atoms with Gasteiger partial charge in [0.25, 0.3) is 11.8 Å². The molecule has 2 amide bonds. The van der Waals surface area contributed by atoms with Gasteiger partial charge < -0.3 is 29.9 Å². The van der Waals surface area contributed by atoms with Crippen LogP contribution in [0.25, 0.3) is 0 Å². The smallest absolute Gasteiger partial charge is 0.254 e. The van der Waals surface area contributed by atoms with Crippen LogP contribution in [0.1, 0.15) is 36.5 Å². The molecular weight excluding hydrogens is 539 g/mol. The first-order chi connectivity index (χ1) is 19.1. The quantitative estimate of drug-likeness (QED) is 0.519. The normalized spacial score (nSPS) is 21.4. The monoisotopic (exact) mass is 570 g/mol. The summed E-state index contributed by atoms with van der Waals surface area (Å²) in [6.45, 7) is 4.07. The topological polar surface area (TPSA) is 109 Å². The maximum atomic E-state index is 15.1. The highest BCUT2D eigenvalue weighted by atomic mass is 35.5. The molecule has 0 radical (unpaired) electrons. The van der Waals surface area contributed by atoms with Crippen molar-refractivity contribution in [3.05, 3.63) is 58.0 Å². The van der Waals surface area contributed by atoms with Crippen molar-refractivity contribution in [1.29, 1.82) is 0 Å². The molecule has 2 aliphatic heterocycles. The lowest BCUT2D eigenvalue weighted by Crippen LogP contribution is -2.43. The van der Waals surface area contributed by atoms with Crippen LogP contribution in [0.5, 0.6) is 11.6 Å². The van der Waals surface area contributed by atoms with Crippen molar-refractivity contribution >= 4 is 35.1 Å². The van der Waals surface area contributed by atoms with Gasteiger partial charge in [-0.2, -0.15) is 4.98 Å². The number of likely N-dealkylation sites (N-methyl/N-ethyl adjacent to an activating group) is 1. The van der Waals surface area contributed by atoms with Crippen molar-refractivity contribution in [1.82, 2.24) is 25.1 Å². The minimum atomic E-state index is -0.978. The van der Waals surface area contributed by atoms with Crippen molar-refractivity contribution in [2.24, 2.45) is 0 Å². The molecule has 1 saturated heterocycles. The molecule has 0 saturated carbocycles. The zero-order valence-electron chi connectivity index (χ0n) is 22.9. The summed E-state index contributed by atoms with van der Waals surface area (Å²) in [5.41, 5.74) is 0.585. The molecule has 0 spiro atoms. The number of carbonyl (C=O) groups is 2. The van der Waals surface area contributed by atoms with Crippen molar-refractivity contribution in [2.75, 3.05) is 46.2 Å². The van der Waals surface area contributed by atoms with Crippen LogP contribution in [0.15, 0.2) is 41.6 Å². The molecule has 1 aliphatic carbocycles. The molecule has 12 heteroatoms. The number of nitrogens with one attached hydrogen (secondary N) is 2. The lowest BCUT2D eigenvalue weighted by atomic mass is 9.85. The summed E-state index contributed by atoms with van der Waals surface area (Å²) in [6, 6.07) is 2.50. The average Bonchev–Trinajstić information content (AvgIpc) is 3.21. The minimum absolute atomic E-state index is 0.0129. The van der Waals surface area contributed by atoms with E-state index in [1.807, 2.05) is 26.1 Å². The van der Waals surface area contributed by atoms with Crippen LogP contribution in [0.4, 0.5) is 16.0 Å². The molecule has 5 rings (SSSR count). The van der Waals surface area contributed by atoms with Crippen molar-refractivity contribution < 1.29 is 23.5 Å². The summed E-state index contributed by atoms with van der Waals surface area (Å²) in [4.78, 5) is 38.1. The molecule has 1 atom stereocenters. The molecule has 2 N–H and O–H groups in total. The van der Waals surface area contributed by atoms with Gasteiger partial charge in [0.05, 0.1) is 30.1 Å². The molecule has 1 aromatic heterocycles. The number of anilines is 2. The second-order valence-corrected chi connectivity index (χ2v) is 11.0. The van der Waals surface area contributed by atoms with Crippen LogP contribution >= 0.6 is 11.6 Å². The second kappa shape index (κ2) is 11.1. The molecule has 3 aliphatic rings. The van der Waals surface area contributed by atoms with Crippen molar-refractivity contribution in [2.45, 2.75) is 37.8 Å². The highest BCUT2D eigenvalue weighted by Gasteiger charge is 2.44. The van der Waals surface area contributed by atoms with Crippen LogP contribution in [-0.4, -0.2) is 84.1 Å². The number of methoxy groups -OCH3 is 1. The second-order valence-electron chi connectivity index (χ2n) is 10.6. The fourth-order valence-electron chi connectivity index (χ4n) is 5.28. The summed E-state index contributed by atoms with van der Waals surface area (Å²) in [6.07, 6.45) is 7.31. The van der Waals surface area contributed by atoms with Gasteiger partial charge in [0.1, 0.15) is 22.2 Å². The van der Waals surface area contributed by atoms with Gasteiger partial charge >= 0.3 is 0 Å². The Kier molecular flexibility index (Phi) is 7.70. The third-order valence-electron chi connectivity index (χ3n) is 7.51. The van der Waals surface area contributed by atoms with E-state index in [1.54, 1.807) is 11.9 Å². The maximum Gasteiger partial charge on any atom is 0.254 e. The summed E-state index contributed by atoms with van der Waals surface area (Å²) in [5.74, 6) is -0.950. The van der Waals surface area contributed by atoms with E-state index in [-0.39, 0.29) is 45.8 Å². The van der Waals surface area contributed by atoms with E-state index in [0.29, 0.717) is 18.5 Å². The van der Waals surface area contributed by atoms with Gasteiger partial charge in [0.15, 0.2) is 0 Å². The zero-order chi connectivity index (χ0) is 28.6. The Hall–Kier alpha value is -3.70. The standard InChI is InChI=1S/C28H32ClFN6O4/c1-28(9-5-6-16-15-36(3)26(38)23(16)28)40-25-19(29)14-31-27(34-25)33-21-13-20(30)18(12-22(21)39-4)24(37)32-17-7-10-35(2)11-8-17/h5-6,12-14,17H,7-11,15H2,1-4H3,(H,32,37)(H,31,33,34). The van der Waals surface area contributed by atoms with Gasteiger partial charge in [0.2, 0.25) is 11.8 Å². The number of carbonyl (C=O) groups excluding carboxylic acids is 2. The average molecular weight is 571 g/mol. The molecule has 3 heterocycles. The predicted octanol–water partition coefficient (Wildman–Crippen LogP) is 3.71. The number of ether oxygens (including phenoxy) is 2. The fourth-order valence-corrected chi connectivity index (χ4v) is 5.41. The largest absolute Gasteiger partial charge is 0.495 e. The van der Waals surface area contributed by atoms with Gasteiger partial charge in [-0.05, 0) is 51.5 Å². The van der Waals surface area contributed by atoms with Crippen LogP contribution in [-0.2, 0) is 4.79 Å². The fraction of sp³-hybridized carbons (Fsp3) is 0.429. The lowest BCUT2D eigenvalue weighted by molar-refractivity contribution is -0.125. The maximum absolute atomic E-state index is 15.1. The number of rotatable bonds is 7. The highest BCUT2D eigenvalue weighted by Crippen LogP contribution is 2.40. The van der Waals surface area contributed by atoms with Gasteiger partial charge in [-0.1, -0.05) is 23.8 Å². The molecule has 1 fully saturated rings. The van der Waals surface area contributed by atoms with Crippen LogP contribution in [0, 0.1) is 5.82 Å². The number of halogens is 2. The molecule has 2 aromatic rings. The van der Waals surface area contributed by atoms with Crippen molar-refractivity contribution in [3.8, 4) is 11.6 Å². The van der Waals surface area contributed by atoms with Gasteiger partial charge in [-0.15, -0.1) is 0 Å². The van der Waals surface area contributed by atoms with E-state index in [0.717, 1.165) is 37.6 Å². The molecular formula is C28H32ClFN6O4. The Morgan fingerprint density at radius 3 is 2.73 bits per heavy atom. The number of benzene rings is 1. The number of hydrogen-bond donors (Lipinski definition) is 2. The first kappa shape index (κ1) is 27.9. The Morgan fingerprint density at radius 2 is 2.00 bits per heavy atom. The third-order valence-corrected chi connectivity index (χ3v) is 7.77.